The van der Waals surface area contributed by atoms with E-state index in [1.165, 1.54) is 4.90 Å². The smallest absolute Gasteiger partial charge is 0.298 e. The third kappa shape index (κ3) is 3.41. The molecular weight excluding hydrogens is 192 g/mol. The number of nitrogens with zero attached hydrogens (tertiary/aromatic N) is 2. The Hall–Kier alpha value is -1.86. The molecule has 0 unspecified atom stereocenters. The Morgan fingerprint density at radius 1 is 1.60 bits per heavy atom. The molecule has 1 rings (SSSR count). The maximum Gasteiger partial charge on any atom is 0.298 e. The molecule has 0 saturated heterocycles. The number of rotatable bonds is 1. The van der Waals surface area contributed by atoms with Crippen LogP contribution in [0.25, 0.3) is 0 Å². The highest BCUT2D eigenvalue weighted by Crippen LogP contribution is 1.99. The van der Waals surface area contributed by atoms with E-state index in [2.05, 4.69) is 16.8 Å². The van der Waals surface area contributed by atoms with Crippen molar-refractivity contribution in [2.24, 2.45) is 0 Å². The van der Waals surface area contributed by atoms with Crippen LogP contribution in [0.2, 0.25) is 0 Å². The zero-order chi connectivity index (χ0) is 11.3. The average Bonchev–Trinajstić information content (AvgIpc) is 2.26. The molecule has 0 aromatic carbocycles. The van der Waals surface area contributed by atoms with Gasteiger partial charge in [0.05, 0.1) is 6.61 Å². The van der Waals surface area contributed by atoms with Crippen LogP contribution in [0.3, 0.4) is 0 Å². The van der Waals surface area contributed by atoms with Gasteiger partial charge < -0.3 is 10.0 Å². The van der Waals surface area contributed by atoms with E-state index in [1.807, 2.05) is 0 Å². The molecule has 1 heterocycles. The summed E-state index contributed by atoms with van der Waals surface area (Å²) in [5.41, 5.74) is 1.21. The molecule has 0 fully saturated rings. The van der Waals surface area contributed by atoms with Gasteiger partial charge in [-0.05, 0) is 23.6 Å². The molecule has 1 aromatic heterocycles. The third-order valence-corrected chi connectivity index (χ3v) is 1.71. The lowest BCUT2D eigenvalue weighted by molar-refractivity contribution is -0.122. The Balaban J connectivity index is 2.84. The van der Waals surface area contributed by atoms with Gasteiger partial charge in [-0.2, -0.15) is 0 Å². The lowest BCUT2D eigenvalue weighted by Crippen LogP contribution is -2.19. The van der Waals surface area contributed by atoms with E-state index in [-0.39, 0.29) is 12.5 Å². The van der Waals surface area contributed by atoms with E-state index in [0.717, 1.165) is 5.56 Å². The van der Waals surface area contributed by atoms with Gasteiger partial charge in [-0.25, -0.2) is 4.98 Å². The quantitative estimate of drug-likeness (QED) is 0.656. The fourth-order valence-electron chi connectivity index (χ4n) is 0.870. The largest absolute Gasteiger partial charge is 0.392 e. The maximum atomic E-state index is 11.1. The van der Waals surface area contributed by atoms with Crippen molar-refractivity contribution < 1.29 is 9.90 Å². The lowest BCUT2D eigenvalue weighted by Gasteiger charge is -2.02. The first kappa shape index (κ1) is 11.2. The van der Waals surface area contributed by atoms with Crippen molar-refractivity contribution in [3.05, 3.63) is 29.6 Å². The molecule has 0 spiro atoms. The summed E-state index contributed by atoms with van der Waals surface area (Å²) in [7, 11) is 3.27. The molecule has 0 aliphatic rings. The Morgan fingerprint density at radius 2 is 2.33 bits per heavy atom. The van der Waals surface area contributed by atoms with Gasteiger partial charge in [0.15, 0.2) is 0 Å². The minimum absolute atomic E-state index is 0.0567. The molecule has 0 bridgehead atoms. The van der Waals surface area contributed by atoms with Crippen LogP contribution in [0.1, 0.15) is 11.3 Å². The van der Waals surface area contributed by atoms with Crippen molar-refractivity contribution in [1.29, 1.82) is 0 Å². The normalized spacial score (nSPS) is 9.00. The van der Waals surface area contributed by atoms with Crippen molar-refractivity contribution in [2.75, 3.05) is 14.1 Å². The van der Waals surface area contributed by atoms with E-state index in [4.69, 9.17) is 5.11 Å². The monoisotopic (exact) mass is 204 g/mol. The van der Waals surface area contributed by atoms with Crippen molar-refractivity contribution in [3.63, 3.8) is 0 Å². The molecule has 4 nitrogen and oxygen atoms in total. The van der Waals surface area contributed by atoms with Gasteiger partial charge in [0, 0.05) is 26.2 Å². The zero-order valence-electron chi connectivity index (χ0n) is 8.69. The number of aromatic nitrogens is 1. The van der Waals surface area contributed by atoms with Crippen LogP contribution >= 0.6 is 0 Å². The van der Waals surface area contributed by atoms with Crippen LogP contribution in [-0.4, -0.2) is 35.0 Å². The highest BCUT2D eigenvalue weighted by molar-refractivity contribution is 5.93. The van der Waals surface area contributed by atoms with Crippen molar-refractivity contribution in [3.8, 4) is 11.8 Å². The Bertz CT molecular complexity index is 416. The van der Waals surface area contributed by atoms with Gasteiger partial charge in [0.25, 0.3) is 5.91 Å². The Kier molecular flexibility index (Phi) is 3.83. The summed E-state index contributed by atoms with van der Waals surface area (Å²) in [5, 5.41) is 8.88. The lowest BCUT2D eigenvalue weighted by atomic mass is 10.2. The molecule has 0 radical (unpaired) electrons. The molecule has 4 heteroatoms. The maximum absolute atomic E-state index is 11.1. The summed E-state index contributed by atoms with van der Waals surface area (Å²) in [5.74, 6) is 4.81. The highest BCUT2D eigenvalue weighted by Gasteiger charge is 1.97. The summed E-state index contributed by atoms with van der Waals surface area (Å²) < 4.78 is 0. The summed E-state index contributed by atoms with van der Waals surface area (Å²) in [6.07, 6.45) is 1.55. The minimum Gasteiger partial charge on any atom is -0.392 e. The summed E-state index contributed by atoms with van der Waals surface area (Å²) in [6, 6.07) is 3.34. The van der Waals surface area contributed by atoms with Gasteiger partial charge >= 0.3 is 0 Å². The molecule has 1 N–H and O–H groups in total. The fraction of sp³-hybridized carbons (Fsp3) is 0.273. The van der Waals surface area contributed by atoms with Gasteiger partial charge in [0.2, 0.25) is 0 Å². The van der Waals surface area contributed by atoms with Crippen LogP contribution in [0.5, 0.6) is 0 Å². The molecule has 0 atom stereocenters. The number of hydrogen-bond acceptors (Lipinski definition) is 3. The standard InChI is InChI=1S/C11H12N2O2/c1-13(2)11(15)4-3-10-7-9(8-14)5-6-12-10/h5-7,14H,8H2,1-2H3. The van der Waals surface area contributed by atoms with E-state index in [9.17, 15) is 4.79 Å². The van der Waals surface area contributed by atoms with Crippen molar-refractivity contribution >= 4 is 5.91 Å². The van der Waals surface area contributed by atoms with Crippen molar-refractivity contribution in [1.82, 2.24) is 9.88 Å². The third-order valence-electron chi connectivity index (χ3n) is 1.71. The zero-order valence-corrected chi connectivity index (χ0v) is 8.69. The molecule has 0 aliphatic heterocycles. The first-order valence-corrected chi connectivity index (χ1v) is 4.42. The molecule has 78 valence electrons. The summed E-state index contributed by atoms with van der Waals surface area (Å²) >= 11 is 0. The number of aliphatic hydroxyl groups is 1. The topological polar surface area (TPSA) is 53.4 Å². The second kappa shape index (κ2) is 5.13. The summed E-state index contributed by atoms with van der Waals surface area (Å²) in [6.45, 7) is -0.0567. The average molecular weight is 204 g/mol. The number of carbonyl (C=O) groups is 1. The predicted molar refractivity (Wildman–Crippen MR) is 55.7 cm³/mol. The van der Waals surface area contributed by atoms with Crippen LogP contribution in [0, 0.1) is 11.8 Å². The van der Waals surface area contributed by atoms with Crippen LogP contribution in [-0.2, 0) is 11.4 Å². The molecule has 0 aliphatic carbocycles. The molecule has 15 heavy (non-hydrogen) atoms. The molecule has 1 amide bonds. The minimum atomic E-state index is -0.272. The first-order valence-electron chi connectivity index (χ1n) is 4.42. The van der Waals surface area contributed by atoms with E-state index in [1.54, 1.807) is 32.4 Å². The van der Waals surface area contributed by atoms with E-state index < -0.39 is 0 Å². The SMILES string of the molecule is CN(C)C(=O)C#Cc1cc(CO)ccn1. The molecule has 1 aromatic rings. The first-order chi connectivity index (χ1) is 7.13. The fourth-order valence-corrected chi connectivity index (χ4v) is 0.870. The second-order valence-electron chi connectivity index (χ2n) is 3.16. The number of pyridine rings is 1. The van der Waals surface area contributed by atoms with Crippen LogP contribution in [0.15, 0.2) is 18.3 Å². The van der Waals surface area contributed by atoms with Gasteiger partial charge in [0.1, 0.15) is 5.69 Å². The van der Waals surface area contributed by atoms with Crippen LogP contribution < -0.4 is 0 Å². The summed E-state index contributed by atoms with van der Waals surface area (Å²) in [4.78, 5) is 16.5. The van der Waals surface area contributed by atoms with E-state index in [0.29, 0.717) is 5.69 Å². The number of carbonyl (C=O) groups excluding carboxylic acids is 1. The number of hydrogen-bond donors (Lipinski definition) is 1. The second-order valence-corrected chi connectivity index (χ2v) is 3.16. The van der Waals surface area contributed by atoms with Gasteiger partial charge in [-0.3, -0.25) is 4.79 Å². The van der Waals surface area contributed by atoms with Crippen molar-refractivity contribution in [2.45, 2.75) is 6.61 Å². The predicted octanol–water partition coefficient (Wildman–Crippen LogP) is 0.0136. The Labute approximate surface area is 88.6 Å². The Morgan fingerprint density at radius 3 is 2.93 bits per heavy atom. The molecule has 0 saturated carbocycles. The van der Waals surface area contributed by atoms with Crippen LogP contribution in [0.4, 0.5) is 0 Å². The molecular formula is C11H12N2O2. The van der Waals surface area contributed by atoms with E-state index >= 15 is 0 Å². The highest BCUT2D eigenvalue weighted by atomic mass is 16.3. The number of aliphatic hydroxyl groups excluding tert-OH is 1. The van der Waals surface area contributed by atoms with Gasteiger partial charge in [-0.1, -0.05) is 0 Å². The number of amides is 1. The van der Waals surface area contributed by atoms with Gasteiger partial charge in [-0.15, -0.1) is 0 Å².